The highest BCUT2D eigenvalue weighted by atomic mass is 14.9. The average Bonchev–Trinajstić information content (AvgIpc) is 2.62. The van der Waals surface area contributed by atoms with E-state index in [1.807, 2.05) is 0 Å². The first-order chi connectivity index (χ1) is 6.27. The summed E-state index contributed by atoms with van der Waals surface area (Å²) in [5.74, 6) is 0. The van der Waals surface area contributed by atoms with Crippen LogP contribution in [-0.4, -0.2) is 11.1 Å². The molecule has 1 atom stereocenters. The Balaban J connectivity index is 2.50. The minimum absolute atomic E-state index is 0.479. The number of hydrogen-bond acceptors (Lipinski definition) is 1. The van der Waals surface area contributed by atoms with E-state index < -0.39 is 0 Å². The lowest BCUT2D eigenvalue weighted by Gasteiger charge is -2.10. The molecule has 2 nitrogen and oxygen atoms in total. The van der Waals surface area contributed by atoms with Crippen molar-refractivity contribution in [1.82, 2.24) is 9.88 Å². The molecule has 0 saturated heterocycles. The molecule has 0 unspecified atom stereocenters. The maximum Gasteiger partial charge on any atom is 0.0306 e. The molecule has 13 heavy (non-hydrogen) atoms. The fraction of sp³-hybridized carbons (Fsp3) is 0.636. The van der Waals surface area contributed by atoms with Gasteiger partial charge in [0.1, 0.15) is 0 Å². The summed E-state index contributed by atoms with van der Waals surface area (Å²) in [6.45, 7) is 8.72. The first-order valence-corrected chi connectivity index (χ1v) is 5.17. The number of nitrogens with zero attached hydrogens (tertiary/aromatic N) is 1. The summed E-state index contributed by atoms with van der Waals surface area (Å²) < 4.78 is 2.21. The second-order valence-electron chi connectivity index (χ2n) is 3.45. The molecule has 1 heterocycles. The largest absolute Gasteiger partial charge is 0.354 e. The van der Waals surface area contributed by atoms with Crippen LogP contribution < -0.4 is 5.32 Å². The van der Waals surface area contributed by atoms with Crippen molar-refractivity contribution in [3.8, 4) is 0 Å². The zero-order chi connectivity index (χ0) is 9.68. The van der Waals surface area contributed by atoms with Gasteiger partial charge in [0.15, 0.2) is 0 Å². The zero-order valence-corrected chi connectivity index (χ0v) is 8.88. The molecule has 0 fully saturated rings. The molecule has 0 saturated carbocycles. The van der Waals surface area contributed by atoms with Crippen molar-refractivity contribution in [2.24, 2.45) is 0 Å². The molecule has 1 rings (SSSR count). The van der Waals surface area contributed by atoms with E-state index in [0.29, 0.717) is 6.04 Å². The van der Waals surface area contributed by atoms with Gasteiger partial charge in [0.25, 0.3) is 0 Å². The fourth-order valence-corrected chi connectivity index (χ4v) is 1.39. The Morgan fingerprint density at radius 3 is 2.77 bits per heavy atom. The van der Waals surface area contributed by atoms with Crippen LogP contribution in [0.2, 0.25) is 0 Å². The van der Waals surface area contributed by atoms with Crippen molar-refractivity contribution in [3.05, 3.63) is 24.0 Å². The third-order valence-corrected chi connectivity index (χ3v) is 2.34. The Morgan fingerprint density at radius 2 is 2.23 bits per heavy atom. The predicted molar refractivity (Wildman–Crippen MR) is 56.8 cm³/mol. The summed E-state index contributed by atoms with van der Waals surface area (Å²) >= 11 is 0. The topological polar surface area (TPSA) is 17.0 Å². The van der Waals surface area contributed by atoms with Crippen LogP contribution in [0.15, 0.2) is 18.5 Å². The van der Waals surface area contributed by atoms with Crippen LogP contribution in [-0.2, 0) is 6.54 Å². The van der Waals surface area contributed by atoms with Gasteiger partial charge in [0, 0.05) is 25.0 Å². The van der Waals surface area contributed by atoms with Gasteiger partial charge in [-0.25, -0.2) is 0 Å². The Hall–Kier alpha value is -0.760. The first kappa shape index (κ1) is 10.3. The molecule has 0 spiro atoms. The van der Waals surface area contributed by atoms with Crippen LogP contribution >= 0.6 is 0 Å². The molecule has 0 aliphatic rings. The standard InChI is InChI=1S/C11H20N2/c1-4-7-12-10(3)11-6-8-13(5-2)9-11/h6,8-10,12H,4-5,7H2,1-3H3/t10-/m1/s1. The van der Waals surface area contributed by atoms with Gasteiger partial charge < -0.3 is 9.88 Å². The van der Waals surface area contributed by atoms with Crippen LogP contribution in [0.4, 0.5) is 0 Å². The van der Waals surface area contributed by atoms with Crippen molar-refractivity contribution in [2.75, 3.05) is 6.54 Å². The Kier molecular flexibility index (Phi) is 4.03. The summed E-state index contributed by atoms with van der Waals surface area (Å²) in [5, 5.41) is 3.47. The molecule has 0 aromatic carbocycles. The summed E-state index contributed by atoms with van der Waals surface area (Å²) in [7, 11) is 0. The highest BCUT2D eigenvalue weighted by Gasteiger charge is 2.04. The monoisotopic (exact) mass is 180 g/mol. The molecule has 0 aliphatic carbocycles. The normalized spacial score (nSPS) is 13.2. The lowest BCUT2D eigenvalue weighted by Crippen LogP contribution is -2.18. The molecule has 0 bridgehead atoms. The molecule has 2 heteroatoms. The Labute approximate surface area is 81.0 Å². The van der Waals surface area contributed by atoms with Gasteiger partial charge >= 0.3 is 0 Å². The minimum Gasteiger partial charge on any atom is -0.354 e. The highest BCUT2D eigenvalue weighted by Crippen LogP contribution is 2.12. The summed E-state index contributed by atoms with van der Waals surface area (Å²) in [4.78, 5) is 0. The smallest absolute Gasteiger partial charge is 0.0306 e. The van der Waals surface area contributed by atoms with Gasteiger partial charge in [-0.2, -0.15) is 0 Å². The van der Waals surface area contributed by atoms with E-state index in [1.165, 1.54) is 12.0 Å². The first-order valence-electron chi connectivity index (χ1n) is 5.17. The second kappa shape index (κ2) is 5.07. The molecule has 1 N–H and O–H groups in total. The van der Waals surface area contributed by atoms with Crippen molar-refractivity contribution in [3.63, 3.8) is 0 Å². The molecule has 74 valence electrons. The summed E-state index contributed by atoms with van der Waals surface area (Å²) in [5.41, 5.74) is 1.38. The van der Waals surface area contributed by atoms with Gasteiger partial charge in [-0.3, -0.25) is 0 Å². The van der Waals surface area contributed by atoms with Crippen LogP contribution in [0.1, 0.15) is 38.8 Å². The molecule has 1 aromatic rings. The maximum atomic E-state index is 3.47. The van der Waals surface area contributed by atoms with Crippen LogP contribution in [0.3, 0.4) is 0 Å². The molecule has 1 aromatic heterocycles. The number of aromatic nitrogens is 1. The van der Waals surface area contributed by atoms with Crippen LogP contribution in [0.25, 0.3) is 0 Å². The lowest BCUT2D eigenvalue weighted by molar-refractivity contribution is 0.569. The van der Waals surface area contributed by atoms with E-state index in [-0.39, 0.29) is 0 Å². The third-order valence-electron chi connectivity index (χ3n) is 2.34. The average molecular weight is 180 g/mol. The van der Waals surface area contributed by atoms with Crippen molar-refractivity contribution >= 4 is 0 Å². The van der Waals surface area contributed by atoms with E-state index in [2.05, 4.69) is 49.1 Å². The van der Waals surface area contributed by atoms with E-state index in [0.717, 1.165) is 13.1 Å². The molecular weight excluding hydrogens is 160 g/mol. The van der Waals surface area contributed by atoms with E-state index in [9.17, 15) is 0 Å². The number of nitrogens with one attached hydrogen (secondary N) is 1. The van der Waals surface area contributed by atoms with Crippen molar-refractivity contribution < 1.29 is 0 Å². The van der Waals surface area contributed by atoms with Crippen molar-refractivity contribution in [2.45, 2.75) is 39.8 Å². The molecule has 0 radical (unpaired) electrons. The van der Waals surface area contributed by atoms with Crippen LogP contribution in [0.5, 0.6) is 0 Å². The number of aryl methyl sites for hydroxylation is 1. The third kappa shape index (κ3) is 2.88. The van der Waals surface area contributed by atoms with Crippen LogP contribution in [0, 0.1) is 0 Å². The predicted octanol–water partition coefficient (Wildman–Crippen LogP) is 2.57. The Bertz CT molecular complexity index is 240. The quantitative estimate of drug-likeness (QED) is 0.737. The highest BCUT2D eigenvalue weighted by molar-refractivity contribution is 5.14. The fourth-order valence-electron chi connectivity index (χ4n) is 1.39. The molecular formula is C11H20N2. The van der Waals surface area contributed by atoms with Gasteiger partial charge in [-0.1, -0.05) is 6.92 Å². The maximum absolute atomic E-state index is 3.47. The van der Waals surface area contributed by atoms with E-state index in [4.69, 9.17) is 0 Å². The zero-order valence-electron chi connectivity index (χ0n) is 8.88. The molecule has 0 aliphatic heterocycles. The lowest BCUT2D eigenvalue weighted by atomic mass is 10.2. The second-order valence-corrected chi connectivity index (χ2v) is 3.45. The van der Waals surface area contributed by atoms with E-state index in [1.54, 1.807) is 0 Å². The minimum atomic E-state index is 0.479. The summed E-state index contributed by atoms with van der Waals surface area (Å²) in [6, 6.07) is 2.67. The number of rotatable bonds is 5. The van der Waals surface area contributed by atoms with Gasteiger partial charge in [0.05, 0.1) is 0 Å². The van der Waals surface area contributed by atoms with E-state index >= 15 is 0 Å². The van der Waals surface area contributed by atoms with Crippen molar-refractivity contribution in [1.29, 1.82) is 0 Å². The van der Waals surface area contributed by atoms with Gasteiger partial charge in [-0.15, -0.1) is 0 Å². The Morgan fingerprint density at radius 1 is 1.46 bits per heavy atom. The molecule has 0 amide bonds. The SMILES string of the molecule is CCCN[C@H](C)c1ccn(CC)c1. The number of hydrogen-bond donors (Lipinski definition) is 1. The van der Waals surface area contributed by atoms with Gasteiger partial charge in [-0.05, 0) is 38.4 Å². The van der Waals surface area contributed by atoms with Gasteiger partial charge in [0.2, 0.25) is 0 Å². The summed E-state index contributed by atoms with van der Waals surface area (Å²) in [6.07, 6.45) is 5.55.